The Balaban J connectivity index is 1.73. The van der Waals surface area contributed by atoms with Crippen LogP contribution in [0.4, 0.5) is 18.9 Å². The Morgan fingerprint density at radius 3 is 2.52 bits per heavy atom. The van der Waals surface area contributed by atoms with Crippen LogP contribution in [0.1, 0.15) is 35.7 Å². The summed E-state index contributed by atoms with van der Waals surface area (Å²) >= 11 is 0. The molecular weight excluding hydrogens is 417 g/mol. The molecule has 1 aliphatic rings. The third kappa shape index (κ3) is 5.06. The average molecular weight is 442 g/mol. The summed E-state index contributed by atoms with van der Waals surface area (Å²) in [5.41, 5.74) is -0.169. The Morgan fingerprint density at radius 2 is 1.94 bits per heavy atom. The van der Waals surface area contributed by atoms with E-state index in [-0.39, 0.29) is 23.8 Å². The minimum absolute atomic E-state index is 0.0393. The zero-order valence-corrected chi connectivity index (χ0v) is 17.6. The summed E-state index contributed by atoms with van der Waals surface area (Å²) in [5, 5.41) is 10.4. The second kappa shape index (κ2) is 9.08. The molecule has 1 fully saturated rings. The second-order valence-corrected chi connectivity index (χ2v) is 7.37. The first-order chi connectivity index (χ1) is 14.6. The van der Waals surface area contributed by atoms with Crippen LogP contribution in [0.25, 0.3) is 0 Å². The molecule has 0 radical (unpaired) electrons. The number of alkyl halides is 3. The van der Waals surface area contributed by atoms with E-state index < -0.39 is 23.7 Å². The van der Waals surface area contributed by atoms with Crippen molar-refractivity contribution in [1.82, 2.24) is 24.5 Å². The highest BCUT2D eigenvalue weighted by atomic mass is 19.4. The molecule has 1 aliphatic heterocycles. The number of anilines is 1. The first-order valence-corrected chi connectivity index (χ1v) is 9.97. The van der Waals surface area contributed by atoms with Crippen LogP contribution in [0.3, 0.4) is 0 Å². The van der Waals surface area contributed by atoms with Gasteiger partial charge < -0.3 is 15.0 Å². The van der Waals surface area contributed by atoms with Crippen molar-refractivity contribution in [3.05, 3.63) is 29.3 Å². The third-order valence-corrected chi connectivity index (χ3v) is 5.06. The fraction of sp³-hybridized carbons (Fsp3) is 0.579. The number of hydrogen-bond donors (Lipinski definition) is 1. The Bertz CT molecular complexity index is 946. The maximum Gasteiger partial charge on any atom is 0.435 e. The molecule has 0 aliphatic carbocycles. The summed E-state index contributed by atoms with van der Waals surface area (Å²) in [5.74, 6) is -1.41. The zero-order valence-electron chi connectivity index (χ0n) is 17.6. The van der Waals surface area contributed by atoms with Crippen molar-refractivity contribution in [3.8, 4) is 0 Å². The van der Waals surface area contributed by atoms with Gasteiger partial charge in [-0.3, -0.25) is 19.0 Å². The molecule has 1 saturated heterocycles. The van der Waals surface area contributed by atoms with Gasteiger partial charge in [-0.05, 0) is 19.9 Å². The maximum absolute atomic E-state index is 13.0. The lowest BCUT2D eigenvalue weighted by Gasteiger charge is -2.27. The number of aryl methyl sites for hydroxylation is 2. The fourth-order valence-electron chi connectivity index (χ4n) is 3.29. The van der Waals surface area contributed by atoms with Crippen LogP contribution in [0, 0.1) is 12.8 Å². The van der Waals surface area contributed by atoms with Crippen LogP contribution < -0.4 is 5.32 Å². The molecule has 31 heavy (non-hydrogen) atoms. The van der Waals surface area contributed by atoms with E-state index in [1.54, 1.807) is 11.8 Å². The highest BCUT2D eigenvalue weighted by Crippen LogP contribution is 2.28. The van der Waals surface area contributed by atoms with Gasteiger partial charge in [-0.1, -0.05) is 6.92 Å². The largest absolute Gasteiger partial charge is 0.435 e. The predicted molar refractivity (Wildman–Crippen MR) is 104 cm³/mol. The fourth-order valence-corrected chi connectivity index (χ4v) is 3.29. The number of halogens is 3. The van der Waals surface area contributed by atoms with E-state index in [9.17, 15) is 22.8 Å². The first kappa shape index (κ1) is 22.8. The number of carbonyl (C=O) groups is 2. The number of nitrogens with one attached hydrogen (secondary N) is 1. The van der Waals surface area contributed by atoms with Crippen LogP contribution in [-0.4, -0.2) is 62.6 Å². The highest BCUT2D eigenvalue weighted by molar-refractivity contribution is 6.02. The molecular formula is C19H25F3N6O3. The summed E-state index contributed by atoms with van der Waals surface area (Å²) in [7, 11) is 0. The number of amides is 2. The monoisotopic (exact) mass is 442 g/mol. The average Bonchev–Trinajstić information content (AvgIpc) is 3.31. The normalized spacial score (nSPS) is 15.7. The van der Waals surface area contributed by atoms with Crippen molar-refractivity contribution in [2.24, 2.45) is 5.92 Å². The minimum atomic E-state index is -4.55. The van der Waals surface area contributed by atoms with Crippen LogP contribution in [-0.2, 0) is 28.8 Å². The van der Waals surface area contributed by atoms with Crippen LogP contribution in [0.15, 0.2) is 12.3 Å². The summed E-state index contributed by atoms with van der Waals surface area (Å²) in [6, 6.07) is 0.939. The van der Waals surface area contributed by atoms with E-state index in [0.717, 1.165) is 10.7 Å². The predicted octanol–water partition coefficient (Wildman–Crippen LogP) is 2.17. The van der Waals surface area contributed by atoms with Gasteiger partial charge in [0.05, 0.1) is 37.6 Å². The van der Waals surface area contributed by atoms with E-state index in [4.69, 9.17) is 4.74 Å². The molecule has 1 N–H and O–H groups in total. The Labute approximate surface area is 177 Å². The van der Waals surface area contributed by atoms with Crippen LogP contribution >= 0.6 is 0 Å². The van der Waals surface area contributed by atoms with Gasteiger partial charge in [0.1, 0.15) is 5.69 Å². The molecule has 3 heterocycles. The van der Waals surface area contributed by atoms with Crippen molar-refractivity contribution in [2.75, 3.05) is 31.6 Å². The standard InChI is InChI=1S/C19H25F3N6O3/c1-4-27-16(18(30)26-5-7-31-8-6-26)14(10-23-27)24-17(29)12(2)11-28-13(3)9-15(25-28)19(20,21)22/h9-10,12H,4-8,11H2,1-3H3,(H,24,29). The summed E-state index contributed by atoms with van der Waals surface area (Å²) in [4.78, 5) is 27.3. The van der Waals surface area contributed by atoms with Crippen molar-refractivity contribution >= 4 is 17.5 Å². The number of nitrogens with zero attached hydrogens (tertiary/aromatic N) is 5. The highest BCUT2D eigenvalue weighted by Gasteiger charge is 2.35. The third-order valence-electron chi connectivity index (χ3n) is 5.06. The van der Waals surface area contributed by atoms with E-state index >= 15 is 0 Å². The van der Waals surface area contributed by atoms with E-state index in [1.807, 2.05) is 6.92 Å². The lowest BCUT2D eigenvalue weighted by atomic mass is 10.1. The molecule has 3 rings (SSSR count). The van der Waals surface area contributed by atoms with Crippen molar-refractivity contribution < 1.29 is 27.5 Å². The van der Waals surface area contributed by atoms with Crippen LogP contribution in [0.5, 0.6) is 0 Å². The number of morpholine rings is 1. The SMILES string of the molecule is CCn1ncc(NC(=O)C(C)Cn2nc(C(F)(F)F)cc2C)c1C(=O)N1CCOCC1. The smallest absolute Gasteiger partial charge is 0.378 e. The topological polar surface area (TPSA) is 94.3 Å². The molecule has 1 atom stereocenters. The first-order valence-electron chi connectivity index (χ1n) is 9.97. The number of hydrogen-bond acceptors (Lipinski definition) is 5. The molecule has 0 aromatic carbocycles. The van der Waals surface area contributed by atoms with Crippen LogP contribution in [0.2, 0.25) is 0 Å². The Hall–Kier alpha value is -2.89. The molecule has 2 amide bonds. The molecule has 0 saturated carbocycles. The molecule has 2 aromatic heterocycles. The van der Waals surface area contributed by atoms with Gasteiger partial charge in [-0.25, -0.2) is 0 Å². The van der Waals surface area contributed by atoms with E-state index in [2.05, 4.69) is 15.5 Å². The van der Waals surface area contributed by atoms with E-state index in [0.29, 0.717) is 38.5 Å². The van der Waals surface area contributed by atoms with Gasteiger partial charge in [0.25, 0.3) is 5.91 Å². The summed E-state index contributed by atoms with van der Waals surface area (Å²) in [6.45, 7) is 7.06. The van der Waals surface area contributed by atoms with Gasteiger partial charge in [0.2, 0.25) is 5.91 Å². The van der Waals surface area contributed by atoms with Crippen molar-refractivity contribution in [3.63, 3.8) is 0 Å². The molecule has 0 bridgehead atoms. The lowest BCUT2D eigenvalue weighted by molar-refractivity contribution is -0.141. The molecule has 9 nitrogen and oxygen atoms in total. The van der Waals surface area contributed by atoms with Gasteiger partial charge in [-0.2, -0.15) is 23.4 Å². The van der Waals surface area contributed by atoms with Gasteiger partial charge in [0.15, 0.2) is 5.69 Å². The Kier molecular flexibility index (Phi) is 6.68. The quantitative estimate of drug-likeness (QED) is 0.740. The summed E-state index contributed by atoms with van der Waals surface area (Å²) in [6.07, 6.45) is -3.15. The molecule has 12 heteroatoms. The molecule has 0 spiro atoms. The molecule has 170 valence electrons. The van der Waals surface area contributed by atoms with Gasteiger partial charge in [0, 0.05) is 25.3 Å². The number of ether oxygens (including phenoxy) is 1. The van der Waals surface area contributed by atoms with Crippen molar-refractivity contribution in [2.45, 2.75) is 40.0 Å². The minimum Gasteiger partial charge on any atom is -0.378 e. The second-order valence-electron chi connectivity index (χ2n) is 7.37. The Morgan fingerprint density at radius 1 is 1.26 bits per heavy atom. The molecule has 1 unspecified atom stereocenters. The number of rotatable bonds is 6. The van der Waals surface area contributed by atoms with Gasteiger partial charge in [-0.15, -0.1) is 0 Å². The zero-order chi connectivity index (χ0) is 22.8. The van der Waals surface area contributed by atoms with E-state index in [1.165, 1.54) is 17.8 Å². The van der Waals surface area contributed by atoms with Gasteiger partial charge >= 0.3 is 6.18 Å². The lowest BCUT2D eigenvalue weighted by Crippen LogP contribution is -2.42. The number of aromatic nitrogens is 4. The molecule has 2 aromatic rings. The summed E-state index contributed by atoms with van der Waals surface area (Å²) < 4.78 is 46.5. The maximum atomic E-state index is 13.0. The van der Waals surface area contributed by atoms with Crippen molar-refractivity contribution in [1.29, 1.82) is 0 Å². The number of carbonyl (C=O) groups excluding carboxylic acids is 2.